The molecule has 0 N–H and O–H groups in total. The van der Waals surface area contributed by atoms with E-state index >= 15 is 0 Å². The van der Waals surface area contributed by atoms with Crippen molar-refractivity contribution in [2.24, 2.45) is 0 Å². The average Bonchev–Trinajstić information content (AvgIpc) is 1.85. The van der Waals surface area contributed by atoms with E-state index in [1.165, 1.54) is 0 Å². The van der Waals surface area contributed by atoms with Crippen LogP contribution in [0.1, 0.15) is 41.0 Å². The van der Waals surface area contributed by atoms with Crippen LogP contribution in [0, 0.1) is 0 Å². The standard InChI is InChI=1S/C9H19NO/c1-6-8(4)10(7(2)3)9(5)11/h7-8H,6H2,1-5H3. The van der Waals surface area contributed by atoms with Gasteiger partial charge in [0, 0.05) is 19.0 Å². The molecule has 2 nitrogen and oxygen atoms in total. The number of hydrogen-bond donors (Lipinski definition) is 0. The molecular formula is C9H19NO. The number of hydrogen-bond acceptors (Lipinski definition) is 1. The molecule has 0 bridgehead atoms. The maximum Gasteiger partial charge on any atom is 0.219 e. The van der Waals surface area contributed by atoms with Gasteiger partial charge in [-0.15, -0.1) is 0 Å². The Kier molecular flexibility index (Phi) is 4.16. The van der Waals surface area contributed by atoms with Crippen LogP contribution in [0.2, 0.25) is 0 Å². The van der Waals surface area contributed by atoms with Gasteiger partial charge in [-0.3, -0.25) is 4.79 Å². The largest absolute Gasteiger partial charge is 0.338 e. The fourth-order valence-corrected chi connectivity index (χ4v) is 1.38. The number of amides is 1. The Morgan fingerprint density at radius 3 is 1.91 bits per heavy atom. The van der Waals surface area contributed by atoms with Crippen molar-refractivity contribution in [3.63, 3.8) is 0 Å². The molecule has 0 aliphatic carbocycles. The molecule has 1 unspecified atom stereocenters. The van der Waals surface area contributed by atoms with Crippen LogP contribution in [0.15, 0.2) is 0 Å². The highest BCUT2D eigenvalue weighted by atomic mass is 16.2. The van der Waals surface area contributed by atoms with E-state index in [1.807, 2.05) is 18.7 Å². The van der Waals surface area contributed by atoms with Crippen molar-refractivity contribution >= 4 is 5.91 Å². The summed E-state index contributed by atoms with van der Waals surface area (Å²) in [4.78, 5) is 13.0. The molecular weight excluding hydrogens is 138 g/mol. The van der Waals surface area contributed by atoms with E-state index in [0.29, 0.717) is 12.1 Å². The van der Waals surface area contributed by atoms with E-state index in [0.717, 1.165) is 6.42 Å². The molecule has 0 aromatic heterocycles. The molecule has 1 amide bonds. The van der Waals surface area contributed by atoms with E-state index in [9.17, 15) is 4.79 Å². The Hall–Kier alpha value is -0.530. The molecule has 0 aromatic carbocycles. The molecule has 0 radical (unpaired) electrons. The summed E-state index contributed by atoms with van der Waals surface area (Å²) in [5, 5.41) is 0. The van der Waals surface area contributed by atoms with Crippen molar-refractivity contribution in [1.29, 1.82) is 0 Å². The maximum absolute atomic E-state index is 11.1. The zero-order chi connectivity index (χ0) is 9.02. The number of nitrogens with zero attached hydrogens (tertiary/aromatic N) is 1. The first-order valence-corrected chi connectivity index (χ1v) is 4.29. The highest BCUT2D eigenvalue weighted by Gasteiger charge is 2.17. The summed E-state index contributed by atoms with van der Waals surface area (Å²) in [6.45, 7) is 9.91. The van der Waals surface area contributed by atoms with Gasteiger partial charge in [0.1, 0.15) is 0 Å². The second-order valence-corrected chi connectivity index (χ2v) is 3.28. The fourth-order valence-electron chi connectivity index (χ4n) is 1.38. The number of carbonyl (C=O) groups is 1. The van der Waals surface area contributed by atoms with Crippen molar-refractivity contribution in [1.82, 2.24) is 4.90 Å². The topological polar surface area (TPSA) is 20.3 Å². The van der Waals surface area contributed by atoms with Crippen LogP contribution in [0.25, 0.3) is 0 Å². The van der Waals surface area contributed by atoms with Gasteiger partial charge in [-0.05, 0) is 27.2 Å². The van der Waals surface area contributed by atoms with E-state index in [1.54, 1.807) is 6.92 Å². The van der Waals surface area contributed by atoms with Crippen LogP contribution in [0.4, 0.5) is 0 Å². The quantitative estimate of drug-likeness (QED) is 0.614. The highest BCUT2D eigenvalue weighted by molar-refractivity contribution is 5.73. The average molecular weight is 157 g/mol. The summed E-state index contributed by atoms with van der Waals surface area (Å²) in [6, 6.07) is 0.690. The van der Waals surface area contributed by atoms with Gasteiger partial charge in [-0.25, -0.2) is 0 Å². The van der Waals surface area contributed by atoms with Crippen LogP contribution < -0.4 is 0 Å². The van der Waals surface area contributed by atoms with Gasteiger partial charge in [-0.1, -0.05) is 6.92 Å². The van der Waals surface area contributed by atoms with Crippen LogP contribution in [-0.4, -0.2) is 22.9 Å². The lowest BCUT2D eigenvalue weighted by Crippen LogP contribution is -2.41. The minimum atomic E-state index is 0.175. The molecule has 0 aliphatic rings. The van der Waals surface area contributed by atoms with Crippen molar-refractivity contribution in [3.8, 4) is 0 Å². The smallest absolute Gasteiger partial charge is 0.219 e. The Morgan fingerprint density at radius 1 is 1.36 bits per heavy atom. The molecule has 0 saturated carbocycles. The maximum atomic E-state index is 11.1. The Labute approximate surface area is 69.6 Å². The predicted octanol–water partition coefficient (Wildman–Crippen LogP) is 2.04. The SMILES string of the molecule is CCC(C)N(C(C)=O)C(C)C. The van der Waals surface area contributed by atoms with E-state index < -0.39 is 0 Å². The van der Waals surface area contributed by atoms with Crippen LogP contribution in [0.5, 0.6) is 0 Å². The van der Waals surface area contributed by atoms with Crippen molar-refractivity contribution in [3.05, 3.63) is 0 Å². The molecule has 0 aliphatic heterocycles. The summed E-state index contributed by atoms with van der Waals surface area (Å²) in [6.07, 6.45) is 1.03. The first-order chi connectivity index (χ1) is 5.00. The summed E-state index contributed by atoms with van der Waals surface area (Å²) in [5.74, 6) is 0.175. The Morgan fingerprint density at radius 2 is 1.82 bits per heavy atom. The lowest BCUT2D eigenvalue weighted by molar-refractivity contribution is -0.132. The van der Waals surface area contributed by atoms with E-state index in [4.69, 9.17) is 0 Å². The Balaban J connectivity index is 4.21. The van der Waals surface area contributed by atoms with Crippen LogP contribution in [0.3, 0.4) is 0 Å². The van der Waals surface area contributed by atoms with Gasteiger partial charge in [-0.2, -0.15) is 0 Å². The van der Waals surface area contributed by atoms with Gasteiger partial charge in [0.25, 0.3) is 0 Å². The normalized spacial score (nSPS) is 13.3. The zero-order valence-electron chi connectivity index (χ0n) is 8.22. The summed E-state index contributed by atoms with van der Waals surface area (Å²) in [5.41, 5.74) is 0. The zero-order valence-corrected chi connectivity index (χ0v) is 8.22. The molecule has 0 spiro atoms. The lowest BCUT2D eigenvalue weighted by Gasteiger charge is -2.31. The van der Waals surface area contributed by atoms with Gasteiger partial charge in [0.15, 0.2) is 0 Å². The first-order valence-electron chi connectivity index (χ1n) is 4.29. The molecule has 0 aromatic rings. The molecule has 0 saturated heterocycles. The molecule has 11 heavy (non-hydrogen) atoms. The van der Waals surface area contributed by atoms with E-state index in [-0.39, 0.29) is 5.91 Å². The summed E-state index contributed by atoms with van der Waals surface area (Å²) < 4.78 is 0. The molecule has 0 heterocycles. The molecule has 0 fully saturated rings. The number of carbonyl (C=O) groups excluding carboxylic acids is 1. The monoisotopic (exact) mass is 157 g/mol. The molecule has 66 valence electrons. The van der Waals surface area contributed by atoms with E-state index in [2.05, 4.69) is 13.8 Å². The first kappa shape index (κ1) is 10.5. The number of rotatable bonds is 3. The molecule has 2 heteroatoms. The van der Waals surface area contributed by atoms with Crippen molar-refractivity contribution in [2.75, 3.05) is 0 Å². The lowest BCUT2D eigenvalue weighted by atomic mass is 10.2. The van der Waals surface area contributed by atoms with Crippen LogP contribution in [-0.2, 0) is 4.79 Å². The van der Waals surface area contributed by atoms with Crippen LogP contribution >= 0.6 is 0 Å². The van der Waals surface area contributed by atoms with Gasteiger partial charge in [0.2, 0.25) is 5.91 Å². The minimum absolute atomic E-state index is 0.175. The second kappa shape index (κ2) is 4.37. The third-order valence-electron chi connectivity index (χ3n) is 1.99. The summed E-state index contributed by atoms with van der Waals surface area (Å²) in [7, 11) is 0. The predicted molar refractivity (Wildman–Crippen MR) is 47.4 cm³/mol. The third-order valence-corrected chi connectivity index (χ3v) is 1.99. The van der Waals surface area contributed by atoms with Gasteiger partial charge in [0.05, 0.1) is 0 Å². The summed E-state index contributed by atoms with van der Waals surface area (Å²) >= 11 is 0. The molecule has 1 atom stereocenters. The Bertz CT molecular complexity index is 132. The third kappa shape index (κ3) is 2.91. The van der Waals surface area contributed by atoms with Gasteiger partial charge >= 0.3 is 0 Å². The minimum Gasteiger partial charge on any atom is -0.338 e. The van der Waals surface area contributed by atoms with Gasteiger partial charge < -0.3 is 4.90 Å². The van der Waals surface area contributed by atoms with Crippen molar-refractivity contribution in [2.45, 2.75) is 53.1 Å². The molecule has 0 rings (SSSR count). The highest BCUT2D eigenvalue weighted by Crippen LogP contribution is 2.08. The fraction of sp³-hybridized carbons (Fsp3) is 0.889. The van der Waals surface area contributed by atoms with Crippen molar-refractivity contribution < 1.29 is 4.79 Å². The second-order valence-electron chi connectivity index (χ2n) is 3.28.